The number of phenolic OH excluding ortho intramolecular Hbond substituents is 1. The normalized spacial score (nSPS) is 15.3. The Morgan fingerprint density at radius 1 is 1.37 bits per heavy atom. The van der Waals surface area contributed by atoms with Crippen LogP contribution < -0.4 is 10.2 Å². The number of carbonyl (C=O) groups excluding carboxylic acids is 1. The smallest absolute Gasteiger partial charge is 0.273 e. The molecule has 0 atom stereocenters. The third kappa shape index (κ3) is 5.09. The van der Waals surface area contributed by atoms with Crippen molar-refractivity contribution in [1.82, 2.24) is 15.2 Å². The highest BCUT2D eigenvalue weighted by Gasteiger charge is 2.29. The van der Waals surface area contributed by atoms with Crippen LogP contribution in [-0.2, 0) is 0 Å². The van der Waals surface area contributed by atoms with Gasteiger partial charge in [0.25, 0.3) is 5.91 Å². The van der Waals surface area contributed by atoms with Crippen LogP contribution in [0.3, 0.4) is 0 Å². The number of benzene rings is 1. The Morgan fingerprint density at radius 2 is 2.10 bits per heavy atom. The molecule has 2 heterocycles. The van der Waals surface area contributed by atoms with E-state index < -0.39 is 0 Å². The summed E-state index contributed by atoms with van der Waals surface area (Å²) in [5, 5.41) is 15.7. The van der Waals surface area contributed by atoms with Crippen molar-refractivity contribution >= 4 is 28.5 Å². The van der Waals surface area contributed by atoms with Crippen molar-refractivity contribution in [3.8, 4) is 5.75 Å². The van der Waals surface area contributed by atoms with Crippen LogP contribution in [0.1, 0.15) is 42.2 Å². The minimum Gasteiger partial charge on any atom is -0.508 e. The first-order chi connectivity index (χ1) is 14.4. The number of nitrogens with one attached hydrogen (secondary N) is 1. The van der Waals surface area contributed by atoms with Crippen molar-refractivity contribution in [3.05, 3.63) is 59.2 Å². The molecule has 1 aliphatic heterocycles. The Bertz CT molecular complexity index is 915. The van der Waals surface area contributed by atoms with Crippen LogP contribution in [0, 0.1) is 0 Å². The van der Waals surface area contributed by atoms with E-state index in [1.54, 1.807) is 24.3 Å². The molecule has 2 N–H and O–H groups in total. The predicted molar refractivity (Wildman–Crippen MR) is 124 cm³/mol. The average Bonchev–Trinajstić information content (AvgIpc) is 3.22. The highest BCUT2D eigenvalue weighted by Crippen LogP contribution is 2.26. The van der Waals surface area contributed by atoms with E-state index in [9.17, 15) is 9.90 Å². The summed E-state index contributed by atoms with van der Waals surface area (Å²) in [7, 11) is 1.90. The van der Waals surface area contributed by atoms with Gasteiger partial charge < -0.3 is 20.2 Å². The zero-order valence-corrected chi connectivity index (χ0v) is 18.7. The van der Waals surface area contributed by atoms with Gasteiger partial charge in [0.15, 0.2) is 0 Å². The first-order valence-electron chi connectivity index (χ1n) is 10.3. The van der Waals surface area contributed by atoms with Crippen molar-refractivity contribution in [3.63, 3.8) is 0 Å². The summed E-state index contributed by atoms with van der Waals surface area (Å²) in [4.78, 5) is 21.8. The SMILES string of the molecule is C=C/C(=C\N(C)c1cccc(O)c1)c1nc(C(=O)N(C(C)C)C2CCNCC2)cs1. The van der Waals surface area contributed by atoms with Crippen molar-refractivity contribution in [1.29, 1.82) is 0 Å². The molecule has 0 spiro atoms. The van der Waals surface area contributed by atoms with E-state index in [-0.39, 0.29) is 23.7 Å². The largest absolute Gasteiger partial charge is 0.508 e. The molecule has 7 heteroatoms. The summed E-state index contributed by atoms with van der Waals surface area (Å²) in [6.07, 6.45) is 5.57. The van der Waals surface area contributed by atoms with E-state index in [0.29, 0.717) is 5.69 Å². The van der Waals surface area contributed by atoms with Gasteiger partial charge in [-0.15, -0.1) is 11.3 Å². The first kappa shape index (κ1) is 22.1. The molecule has 0 saturated carbocycles. The Balaban J connectivity index is 1.82. The molecule has 1 amide bonds. The third-order valence-electron chi connectivity index (χ3n) is 5.25. The van der Waals surface area contributed by atoms with E-state index >= 15 is 0 Å². The van der Waals surface area contributed by atoms with Crippen LogP contribution in [0.2, 0.25) is 0 Å². The van der Waals surface area contributed by atoms with Gasteiger partial charge in [0.05, 0.1) is 0 Å². The maximum Gasteiger partial charge on any atom is 0.273 e. The van der Waals surface area contributed by atoms with Gasteiger partial charge >= 0.3 is 0 Å². The minimum absolute atomic E-state index is 0.0100. The zero-order valence-electron chi connectivity index (χ0n) is 17.8. The number of allylic oxidation sites excluding steroid dienone is 2. The maximum atomic E-state index is 13.3. The standard InChI is InChI=1S/C23H30N4O2S/c1-5-17(14-26(4)19-7-6-8-20(28)13-19)22-25-21(15-30-22)23(29)27(16(2)3)18-9-11-24-12-10-18/h5-8,13-16,18,24,28H,1,9-12H2,2-4H3/b17-14+. The molecule has 1 aliphatic rings. The molecule has 160 valence electrons. The third-order valence-corrected chi connectivity index (χ3v) is 6.14. The molecule has 2 aromatic rings. The van der Waals surface area contributed by atoms with Gasteiger partial charge in [0.2, 0.25) is 0 Å². The molecule has 30 heavy (non-hydrogen) atoms. The minimum atomic E-state index is -0.0100. The summed E-state index contributed by atoms with van der Waals surface area (Å²) in [5.41, 5.74) is 2.15. The summed E-state index contributed by atoms with van der Waals surface area (Å²) in [5.74, 6) is 0.200. The average molecular weight is 427 g/mol. The number of aromatic hydroxyl groups is 1. The van der Waals surface area contributed by atoms with Crippen LogP contribution in [0.5, 0.6) is 5.75 Å². The first-order valence-corrected chi connectivity index (χ1v) is 11.1. The van der Waals surface area contributed by atoms with E-state index in [4.69, 9.17) is 0 Å². The lowest BCUT2D eigenvalue weighted by molar-refractivity contribution is 0.0560. The number of rotatable bonds is 7. The van der Waals surface area contributed by atoms with Gasteiger partial charge in [0.1, 0.15) is 16.5 Å². The van der Waals surface area contributed by atoms with Crippen LogP contribution in [0.4, 0.5) is 5.69 Å². The predicted octanol–water partition coefficient (Wildman–Crippen LogP) is 4.11. The fourth-order valence-corrected chi connectivity index (χ4v) is 4.53. The summed E-state index contributed by atoms with van der Waals surface area (Å²) in [6, 6.07) is 7.40. The number of hydrogen-bond acceptors (Lipinski definition) is 6. The van der Waals surface area contributed by atoms with Crippen LogP contribution in [0.15, 0.2) is 48.5 Å². The van der Waals surface area contributed by atoms with Gasteiger partial charge in [-0.3, -0.25) is 4.79 Å². The van der Waals surface area contributed by atoms with Gasteiger partial charge in [-0.1, -0.05) is 18.7 Å². The van der Waals surface area contributed by atoms with Crippen molar-refractivity contribution < 1.29 is 9.90 Å². The monoisotopic (exact) mass is 426 g/mol. The molecule has 1 aromatic carbocycles. The second kappa shape index (κ2) is 9.91. The second-order valence-electron chi connectivity index (χ2n) is 7.74. The number of amides is 1. The summed E-state index contributed by atoms with van der Waals surface area (Å²) in [6.45, 7) is 9.91. The van der Waals surface area contributed by atoms with E-state index in [1.165, 1.54) is 11.3 Å². The summed E-state index contributed by atoms with van der Waals surface area (Å²) < 4.78 is 0. The Morgan fingerprint density at radius 3 is 2.73 bits per heavy atom. The van der Waals surface area contributed by atoms with Crippen LogP contribution in [0.25, 0.3) is 5.57 Å². The van der Waals surface area contributed by atoms with Crippen LogP contribution in [-0.4, -0.2) is 53.1 Å². The van der Waals surface area contributed by atoms with Crippen molar-refractivity contribution in [2.24, 2.45) is 0 Å². The molecule has 0 unspecified atom stereocenters. The number of piperidine rings is 1. The quantitative estimate of drug-likeness (QED) is 0.652. The number of carbonyl (C=O) groups is 1. The molecule has 0 bridgehead atoms. The Labute approximate surface area is 182 Å². The maximum absolute atomic E-state index is 13.3. The van der Waals surface area contributed by atoms with Crippen molar-refractivity contribution in [2.75, 3.05) is 25.0 Å². The van der Waals surface area contributed by atoms with Gasteiger partial charge in [0, 0.05) is 48.0 Å². The molecule has 1 aromatic heterocycles. The van der Waals surface area contributed by atoms with Gasteiger partial charge in [-0.25, -0.2) is 4.98 Å². The van der Waals surface area contributed by atoms with Crippen LogP contribution >= 0.6 is 11.3 Å². The number of anilines is 1. The summed E-state index contributed by atoms with van der Waals surface area (Å²) >= 11 is 1.44. The lowest BCUT2D eigenvalue weighted by Gasteiger charge is -2.37. The zero-order chi connectivity index (χ0) is 21.7. The second-order valence-corrected chi connectivity index (χ2v) is 8.60. The number of hydrogen-bond donors (Lipinski definition) is 2. The van der Waals surface area contributed by atoms with Gasteiger partial charge in [-0.05, 0) is 51.9 Å². The molecule has 0 radical (unpaired) electrons. The van der Waals surface area contributed by atoms with E-state index in [2.05, 4.69) is 30.7 Å². The Hall–Kier alpha value is -2.64. The molecule has 0 aliphatic carbocycles. The lowest BCUT2D eigenvalue weighted by atomic mass is 10.0. The number of phenols is 1. The molecule has 6 nitrogen and oxygen atoms in total. The fourth-order valence-electron chi connectivity index (χ4n) is 3.73. The van der Waals surface area contributed by atoms with Gasteiger partial charge in [-0.2, -0.15) is 0 Å². The molecular weight excluding hydrogens is 396 g/mol. The van der Waals surface area contributed by atoms with E-state index in [0.717, 1.165) is 42.2 Å². The molecule has 1 fully saturated rings. The van der Waals surface area contributed by atoms with Crippen molar-refractivity contribution in [2.45, 2.75) is 38.8 Å². The molecule has 1 saturated heterocycles. The fraction of sp³-hybridized carbons (Fsp3) is 0.391. The Kier molecular flexibility index (Phi) is 7.29. The highest BCUT2D eigenvalue weighted by atomic mass is 32.1. The number of aromatic nitrogens is 1. The molecule has 3 rings (SSSR count). The highest BCUT2D eigenvalue weighted by molar-refractivity contribution is 7.11. The number of thiazole rings is 1. The lowest BCUT2D eigenvalue weighted by Crippen LogP contribution is -2.49. The van der Waals surface area contributed by atoms with E-state index in [1.807, 2.05) is 34.5 Å². The molecular formula is C23H30N4O2S. The topological polar surface area (TPSA) is 68.7 Å². The number of nitrogens with zero attached hydrogens (tertiary/aromatic N) is 3.